The SMILES string of the molecule is CCNC(c1cc(F)ccc1C)c1cc(C)ccc1F. The predicted octanol–water partition coefficient (Wildman–Crippen LogP) is 4.28. The van der Waals surface area contributed by atoms with Gasteiger partial charge >= 0.3 is 0 Å². The summed E-state index contributed by atoms with van der Waals surface area (Å²) >= 11 is 0. The second-order valence-electron chi connectivity index (χ2n) is 5.02. The third-order valence-corrected chi connectivity index (χ3v) is 3.42. The summed E-state index contributed by atoms with van der Waals surface area (Å²) < 4.78 is 27.6. The minimum atomic E-state index is -0.337. The lowest BCUT2D eigenvalue weighted by Crippen LogP contribution is -2.24. The molecule has 1 unspecified atom stereocenters. The third kappa shape index (κ3) is 3.05. The van der Waals surface area contributed by atoms with Crippen molar-refractivity contribution in [2.45, 2.75) is 26.8 Å². The molecule has 106 valence electrons. The van der Waals surface area contributed by atoms with Crippen LogP contribution in [0.2, 0.25) is 0 Å². The van der Waals surface area contributed by atoms with Gasteiger partial charge in [0.05, 0.1) is 6.04 Å². The van der Waals surface area contributed by atoms with Crippen LogP contribution in [0.15, 0.2) is 36.4 Å². The Morgan fingerprint density at radius 2 is 1.75 bits per heavy atom. The summed E-state index contributed by atoms with van der Waals surface area (Å²) in [5.41, 5.74) is 3.26. The van der Waals surface area contributed by atoms with Crippen LogP contribution in [-0.2, 0) is 0 Å². The minimum Gasteiger partial charge on any atom is -0.306 e. The summed E-state index contributed by atoms with van der Waals surface area (Å²) in [4.78, 5) is 0. The van der Waals surface area contributed by atoms with Crippen LogP contribution < -0.4 is 5.32 Å². The van der Waals surface area contributed by atoms with Gasteiger partial charge in [-0.3, -0.25) is 0 Å². The van der Waals surface area contributed by atoms with Gasteiger partial charge in [0.1, 0.15) is 11.6 Å². The number of hydrogen-bond donors (Lipinski definition) is 1. The molecule has 2 aromatic carbocycles. The zero-order valence-electron chi connectivity index (χ0n) is 12.0. The van der Waals surface area contributed by atoms with Crippen molar-refractivity contribution in [1.82, 2.24) is 5.32 Å². The zero-order chi connectivity index (χ0) is 14.7. The molecule has 0 aromatic heterocycles. The van der Waals surface area contributed by atoms with E-state index >= 15 is 0 Å². The first kappa shape index (κ1) is 14.7. The van der Waals surface area contributed by atoms with Crippen LogP contribution in [0.25, 0.3) is 0 Å². The van der Waals surface area contributed by atoms with Crippen LogP contribution in [0, 0.1) is 25.5 Å². The smallest absolute Gasteiger partial charge is 0.128 e. The van der Waals surface area contributed by atoms with E-state index < -0.39 is 0 Å². The van der Waals surface area contributed by atoms with Crippen molar-refractivity contribution in [3.8, 4) is 0 Å². The van der Waals surface area contributed by atoms with Crippen LogP contribution in [0.1, 0.15) is 35.2 Å². The average molecular weight is 275 g/mol. The molecular formula is C17H19F2N. The lowest BCUT2D eigenvalue weighted by atomic mass is 9.93. The van der Waals surface area contributed by atoms with Gasteiger partial charge in [0, 0.05) is 5.56 Å². The Kier molecular flexibility index (Phi) is 4.50. The molecule has 2 aromatic rings. The molecule has 0 saturated heterocycles. The predicted molar refractivity (Wildman–Crippen MR) is 77.8 cm³/mol. The van der Waals surface area contributed by atoms with E-state index in [1.54, 1.807) is 12.1 Å². The number of rotatable bonds is 4. The third-order valence-electron chi connectivity index (χ3n) is 3.42. The molecule has 1 atom stereocenters. The number of aryl methyl sites for hydroxylation is 2. The summed E-state index contributed by atoms with van der Waals surface area (Å²) in [6.45, 7) is 6.46. The largest absolute Gasteiger partial charge is 0.306 e. The highest BCUT2D eigenvalue weighted by Crippen LogP contribution is 2.28. The van der Waals surface area contributed by atoms with E-state index in [0.717, 1.165) is 16.7 Å². The number of hydrogen-bond acceptors (Lipinski definition) is 1. The Bertz CT molecular complexity index is 556. The van der Waals surface area contributed by atoms with Crippen LogP contribution in [-0.4, -0.2) is 6.54 Å². The standard InChI is InChI=1S/C17H19F2N/c1-4-20-17(14-10-13(18)7-6-12(14)3)15-9-11(2)5-8-16(15)19/h5-10,17,20H,4H2,1-3H3. The van der Waals surface area contributed by atoms with Crippen LogP contribution in [0.3, 0.4) is 0 Å². The first-order valence-corrected chi connectivity index (χ1v) is 6.78. The molecule has 0 radical (unpaired) electrons. The highest BCUT2D eigenvalue weighted by atomic mass is 19.1. The molecule has 0 heterocycles. The van der Waals surface area contributed by atoms with Gasteiger partial charge < -0.3 is 5.32 Å². The van der Waals surface area contributed by atoms with Crippen LogP contribution >= 0.6 is 0 Å². The minimum absolute atomic E-state index is 0.273. The van der Waals surface area contributed by atoms with E-state index in [2.05, 4.69) is 5.32 Å². The van der Waals surface area contributed by atoms with E-state index in [1.165, 1.54) is 18.2 Å². The van der Waals surface area contributed by atoms with Gasteiger partial charge in [-0.25, -0.2) is 8.78 Å². The molecule has 0 amide bonds. The van der Waals surface area contributed by atoms with Crippen LogP contribution in [0.4, 0.5) is 8.78 Å². The molecular weight excluding hydrogens is 256 g/mol. The fourth-order valence-electron chi connectivity index (χ4n) is 2.40. The van der Waals surface area contributed by atoms with Gasteiger partial charge in [-0.05, 0) is 49.7 Å². The lowest BCUT2D eigenvalue weighted by molar-refractivity contribution is 0.552. The highest BCUT2D eigenvalue weighted by molar-refractivity contribution is 5.39. The van der Waals surface area contributed by atoms with Gasteiger partial charge in [0.15, 0.2) is 0 Å². The summed E-state index contributed by atoms with van der Waals surface area (Å²) in [5.74, 6) is -0.577. The van der Waals surface area contributed by atoms with Gasteiger partial charge in [-0.15, -0.1) is 0 Å². The maximum Gasteiger partial charge on any atom is 0.128 e. The first-order chi connectivity index (χ1) is 9.52. The van der Waals surface area contributed by atoms with Crippen LogP contribution in [0.5, 0.6) is 0 Å². The van der Waals surface area contributed by atoms with E-state index in [-0.39, 0.29) is 17.7 Å². The lowest BCUT2D eigenvalue weighted by Gasteiger charge is -2.22. The van der Waals surface area contributed by atoms with Crippen molar-refractivity contribution in [3.63, 3.8) is 0 Å². The molecule has 0 fully saturated rings. The van der Waals surface area contributed by atoms with Crippen molar-refractivity contribution < 1.29 is 8.78 Å². The maximum atomic E-state index is 14.1. The van der Waals surface area contributed by atoms with Gasteiger partial charge in [0.2, 0.25) is 0 Å². The molecule has 0 aliphatic rings. The topological polar surface area (TPSA) is 12.0 Å². The average Bonchev–Trinajstić information content (AvgIpc) is 2.42. The monoisotopic (exact) mass is 275 g/mol. The van der Waals surface area contributed by atoms with E-state index in [9.17, 15) is 8.78 Å². The fourth-order valence-corrected chi connectivity index (χ4v) is 2.40. The normalized spacial score (nSPS) is 12.4. The second-order valence-corrected chi connectivity index (χ2v) is 5.02. The summed E-state index contributed by atoms with van der Waals surface area (Å²) in [6.07, 6.45) is 0. The number of nitrogens with one attached hydrogen (secondary N) is 1. The quantitative estimate of drug-likeness (QED) is 0.878. The van der Waals surface area contributed by atoms with E-state index in [4.69, 9.17) is 0 Å². The van der Waals surface area contributed by atoms with Gasteiger partial charge in [-0.2, -0.15) is 0 Å². The molecule has 1 nitrogen and oxygen atoms in total. The molecule has 3 heteroatoms. The Labute approximate surface area is 118 Å². The van der Waals surface area contributed by atoms with Crippen molar-refractivity contribution in [2.24, 2.45) is 0 Å². The molecule has 0 aliphatic heterocycles. The van der Waals surface area contributed by atoms with Gasteiger partial charge in [-0.1, -0.05) is 30.7 Å². The highest BCUT2D eigenvalue weighted by Gasteiger charge is 2.19. The summed E-state index contributed by atoms with van der Waals surface area (Å²) in [6, 6.07) is 9.30. The Morgan fingerprint density at radius 1 is 1.00 bits per heavy atom. The summed E-state index contributed by atoms with van der Waals surface area (Å²) in [7, 11) is 0. The zero-order valence-corrected chi connectivity index (χ0v) is 12.0. The molecule has 0 bridgehead atoms. The molecule has 2 rings (SSSR count). The molecule has 0 spiro atoms. The van der Waals surface area contributed by atoms with Gasteiger partial charge in [0.25, 0.3) is 0 Å². The van der Waals surface area contributed by atoms with E-state index in [0.29, 0.717) is 12.1 Å². The molecule has 0 saturated carbocycles. The fraction of sp³-hybridized carbons (Fsp3) is 0.294. The maximum absolute atomic E-state index is 14.1. The van der Waals surface area contributed by atoms with E-state index in [1.807, 2.05) is 26.8 Å². The second kappa shape index (κ2) is 6.14. The first-order valence-electron chi connectivity index (χ1n) is 6.78. The summed E-state index contributed by atoms with van der Waals surface area (Å²) in [5, 5.41) is 3.24. The Balaban J connectivity index is 2.55. The van der Waals surface area contributed by atoms with Crippen molar-refractivity contribution in [1.29, 1.82) is 0 Å². The molecule has 20 heavy (non-hydrogen) atoms. The molecule has 0 aliphatic carbocycles. The Hall–Kier alpha value is -1.74. The Morgan fingerprint density at radius 3 is 2.45 bits per heavy atom. The number of halogens is 2. The molecule has 1 N–H and O–H groups in total. The van der Waals surface area contributed by atoms with Crippen molar-refractivity contribution in [3.05, 3.63) is 70.3 Å². The van der Waals surface area contributed by atoms with Crippen molar-refractivity contribution >= 4 is 0 Å². The number of benzene rings is 2. The van der Waals surface area contributed by atoms with Crippen molar-refractivity contribution in [2.75, 3.05) is 6.54 Å².